The summed E-state index contributed by atoms with van der Waals surface area (Å²) >= 11 is 1.73. The smallest absolute Gasteiger partial charge is 0.191 e. The lowest BCUT2D eigenvalue weighted by Crippen LogP contribution is -2.36. The van der Waals surface area contributed by atoms with Crippen molar-refractivity contribution in [3.05, 3.63) is 52.0 Å². The van der Waals surface area contributed by atoms with E-state index < -0.39 is 0 Å². The fourth-order valence-corrected chi connectivity index (χ4v) is 2.89. The molecule has 0 fully saturated rings. The zero-order valence-electron chi connectivity index (χ0n) is 13.3. The Bertz CT molecular complexity index is 569. The zero-order chi connectivity index (χ0) is 15.6. The maximum atomic E-state index is 4.67. The van der Waals surface area contributed by atoms with E-state index in [2.05, 4.69) is 70.2 Å². The van der Waals surface area contributed by atoms with Crippen molar-refractivity contribution in [2.75, 3.05) is 13.1 Å². The van der Waals surface area contributed by atoms with Gasteiger partial charge in [-0.2, -0.15) is 0 Å². The second-order valence-corrected chi connectivity index (χ2v) is 5.89. The zero-order valence-corrected chi connectivity index (χ0v) is 14.1. The third kappa shape index (κ3) is 5.48. The highest BCUT2D eigenvalue weighted by Gasteiger charge is 2.03. The average molecular weight is 316 g/mol. The van der Waals surface area contributed by atoms with Crippen molar-refractivity contribution in [1.29, 1.82) is 0 Å². The average Bonchev–Trinajstić information content (AvgIpc) is 3.00. The molecular weight excluding hydrogens is 292 g/mol. The van der Waals surface area contributed by atoms with Crippen LogP contribution in [0.15, 0.2) is 40.7 Å². The summed E-state index contributed by atoms with van der Waals surface area (Å²) in [7, 11) is 0. The number of nitrogens with one attached hydrogen (secondary N) is 2. The summed E-state index contributed by atoms with van der Waals surface area (Å²) in [5.74, 6) is 0.851. The van der Waals surface area contributed by atoms with E-state index in [0.29, 0.717) is 6.54 Å². The first kappa shape index (κ1) is 16.5. The third-order valence-electron chi connectivity index (χ3n) is 3.16. The number of rotatable bonds is 7. The van der Waals surface area contributed by atoms with Crippen LogP contribution in [-0.4, -0.2) is 24.0 Å². The molecule has 2 aromatic rings. The van der Waals surface area contributed by atoms with E-state index in [1.54, 1.807) is 11.3 Å². The van der Waals surface area contributed by atoms with Crippen molar-refractivity contribution in [2.45, 2.75) is 33.2 Å². The quantitative estimate of drug-likeness (QED) is 0.610. The van der Waals surface area contributed by atoms with Crippen LogP contribution in [0.25, 0.3) is 0 Å². The minimum atomic E-state index is 0.622. The Morgan fingerprint density at radius 2 is 1.82 bits per heavy atom. The number of thiazole rings is 1. The molecule has 0 radical (unpaired) electrons. The van der Waals surface area contributed by atoms with Crippen molar-refractivity contribution >= 4 is 17.3 Å². The molecule has 2 N–H and O–H groups in total. The van der Waals surface area contributed by atoms with Crippen molar-refractivity contribution in [3.8, 4) is 0 Å². The summed E-state index contributed by atoms with van der Waals surface area (Å²) in [6.45, 7) is 6.49. The van der Waals surface area contributed by atoms with E-state index in [1.165, 1.54) is 10.6 Å². The second-order valence-electron chi connectivity index (χ2n) is 4.94. The number of aryl methyl sites for hydroxylation is 2. The number of benzene rings is 1. The minimum Gasteiger partial charge on any atom is -0.357 e. The van der Waals surface area contributed by atoms with Gasteiger partial charge in [0.1, 0.15) is 0 Å². The maximum Gasteiger partial charge on any atom is 0.191 e. The van der Waals surface area contributed by atoms with E-state index in [4.69, 9.17) is 0 Å². The summed E-state index contributed by atoms with van der Waals surface area (Å²) in [4.78, 5) is 9.22. The Morgan fingerprint density at radius 1 is 1.09 bits per heavy atom. The van der Waals surface area contributed by atoms with Gasteiger partial charge in [-0.15, -0.1) is 11.3 Å². The Kier molecular flexibility index (Phi) is 6.90. The predicted octanol–water partition coefficient (Wildman–Crippen LogP) is 3.00. The Hall–Kier alpha value is -1.88. The van der Waals surface area contributed by atoms with Crippen LogP contribution in [0.3, 0.4) is 0 Å². The van der Waals surface area contributed by atoms with Crippen LogP contribution in [0.2, 0.25) is 0 Å². The fraction of sp³-hybridized carbons (Fsp3) is 0.412. The lowest BCUT2D eigenvalue weighted by atomic mass is 10.1. The van der Waals surface area contributed by atoms with E-state index in [1.807, 2.05) is 0 Å². The number of guanidine groups is 1. The molecule has 2 rings (SSSR count). The molecular formula is C17H24N4S. The van der Waals surface area contributed by atoms with Gasteiger partial charge in [-0.25, -0.2) is 9.98 Å². The van der Waals surface area contributed by atoms with Gasteiger partial charge in [0.05, 0.1) is 17.2 Å². The predicted molar refractivity (Wildman–Crippen MR) is 94.5 cm³/mol. The first-order chi connectivity index (χ1) is 10.8. The SMILES string of the molecule is CCNC(=NCc1csc(CCc2ccccc2)n1)NCC. The van der Waals surface area contributed by atoms with Gasteiger partial charge in [0.2, 0.25) is 0 Å². The summed E-state index contributed by atoms with van der Waals surface area (Å²) in [5, 5.41) is 9.74. The van der Waals surface area contributed by atoms with E-state index in [-0.39, 0.29) is 0 Å². The number of hydrogen-bond donors (Lipinski definition) is 2. The van der Waals surface area contributed by atoms with Crippen LogP contribution >= 0.6 is 11.3 Å². The molecule has 5 heteroatoms. The highest BCUT2D eigenvalue weighted by atomic mass is 32.1. The molecule has 0 amide bonds. The number of aromatic nitrogens is 1. The molecule has 0 bridgehead atoms. The maximum absolute atomic E-state index is 4.67. The molecule has 1 heterocycles. The van der Waals surface area contributed by atoms with Gasteiger partial charge in [0, 0.05) is 24.9 Å². The molecule has 22 heavy (non-hydrogen) atoms. The highest BCUT2D eigenvalue weighted by molar-refractivity contribution is 7.09. The Morgan fingerprint density at radius 3 is 2.50 bits per heavy atom. The molecule has 0 saturated carbocycles. The first-order valence-corrected chi connectivity index (χ1v) is 8.69. The Labute approximate surface area is 136 Å². The van der Waals surface area contributed by atoms with E-state index in [0.717, 1.165) is 37.6 Å². The second kappa shape index (κ2) is 9.20. The topological polar surface area (TPSA) is 49.3 Å². The first-order valence-electron chi connectivity index (χ1n) is 7.81. The number of aliphatic imine (C=N–C) groups is 1. The summed E-state index contributed by atoms with van der Waals surface area (Å²) in [5.41, 5.74) is 2.40. The van der Waals surface area contributed by atoms with Crippen LogP contribution in [0, 0.1) is 0 Å². The highest BCUT2D eigenvalue weighted by Crippen LogP contribution is 2.13. The van der Waals surface area contributed by atoms with Crippen LogP contribution in [0.1, 0.15) is 30.1 Å². The normalized spacial score (nSPS) is 10.3. The van der Waals surface area contributed by atoms with Gasteiger partial charge in [-0.1, -0.05) is 30.3 Å². The van der Waals surface area contributed by atoms with Gasteiger partial charge < -0.3 is 10.6 Å². The van der Waals surface area contributed by atoms with Crippen LogP contribution in [-0.2, 0) is 19.4 Å². The van der Waals surface area contributed by atoms with E-state index in [9.17, 15) is 0 Å². The molecule has 1 aromatic carbocycles. The minimum absolute atomic E-state index is 0.622. The largest absolute Gasteiger partial charge is 0.357 e. The molecule has 0 saturated heterocycles. The monoisotopic (exact) mass is 316 g/mol. The van der Waals surface area contributed by atoms with Crippen molar-refractivity contribution in [3.63, 3.8) is 0 Å². The van der Waals surface area contributed by atoms with Crippen molar-refractivity contribution in [1.82, 2.24) is 15.6 Å². The molecule has 0 unspecified atom stereocenters. The van der Waals surface area contributed by atoms with Gasteiger partial charge >= 0.3 is 0 Å². The molecule has 0 aliphatic rings. The molecule has 0 spiro atoms. The summed E-state index contributed by atoms with van der Waals surface area (Å²) in [6.07, 6.45) is 2.03. The van der Waals surface area contributed by atoms with Crippen LogP contribution in [0.5, 0.6) is 0 Å². The molecule has 0 aliphatic heterocycles. The number of nitrogens with zero attached hydrogens (tertiary/aromatic N) is 2. The van der Waals surface area contributed by atoms with Crippen molar-refractivity contribution in [2.24, 2.45) is 4.99 Å². The number of hydrogen-bond acceptors (Lipinski definition) is 3. The van der Waals surface area contributed by atoms with Gasteiger partial charge in [-0.05, 0) is 25.8 Å². The fourth-order valence-electron chi connectivity index (χ4n) is 2.10. The molecule has 118 valence electrons. The molecule has 1 aromatic heterocycles. The standard InChI is InChI=1S/C17H24N4S/c1-3-18-17(19-4-2)20-12-15-13-22-16(21-15)11-10-14-8-6-5-7-9-14/h5-9,13H,3-4,10-12H2,1-2H3,(H2,18,19,20). The van der Waals surface area contributed by atoms with Crippen LogP contribution in [0.4, 0.5) is 0 Å². The van der Waals surface area contributed by atoms with Crippen LogP contribution < -0.4 is 10.6 Å². The van der Waals surface area contributed by atoms with E-state index >= 15 is 0 Å². The van der Waals surface area contributed by atoms with Gasteiger partial charge in [0.15, 0.2) is 5.96 Å². The molecule has 4 nitrogen and oxygen atoms in total. The lowest BCUT2D eigenvalue weighted by molar-refractivity contribution is 0.832. The summed E-state index contributed by atoms with van der Waals surface area (Å²) in [6, 6.07) is 10.5. The molecule has 0 aliphatic carbocycles. The third-order valence-corrected chi connectivity index (χ3v) is 4.11. The summed E-state index contributed by atoms with van der Waals surface area (Å²) < 4.78 is 0. The van der Waals surface area contributed by atoms with Gasteiger partial charge in [-0.3, -0.25) is 0 Å². The molecule has 0 atom stereocenters. The Balaban J connectivity index is 1.86. The lowest BCUT2D eigenvalue weighted by Gasteiger charge is -2.08. The van der Waals surface area contributed by atoms with Gasteiger partial charge in [0.25, 0.3) is 0 Å². The van der Waals surface area contributed by atoms with Crippen molar-refractivity contribution < 1.29 is 0 Å².